The molecule has 0 aliphatic carbocycles. The monoisotopic (exact) mass is 380 g/mol. The van der Waals surface area contributed by atoms with Crippen LogP contribution in [-0.2, 0) is 6.54 Å². The maximum Gasteiger partial charge on any atom is 0.341 e. The molecule has 146 valence electrons. The molecule has 2 aromatic rings. The van der Waals surface area contributed by atoms with E-state index in [0.29, 0.717) is 19.0 Å². The van der Waals surface area contributed by atoms with Crippen molar-refractivity contribution in [3.05, 3.63) is 33.6 Å². The summed E-state index contributed by atoms with van der Waals surface area (Å²) in [6.45, 7) is 6.66. The van der Waals surface area contributed by atoms with Crippen molar-refractivity contribution >= 4 is 22.8 Å². The molecule has 9 heteroatoms. The van der Waals surface area contributed by atoms with Crippen molar-refractivity contribution in [1.29, 1.82) is 0 Å². The van der Waals surface area contributed by atoms with Crippen LogP contribution < -0.4 is 15.6 Å². The number of carbonyl (C=O) groups is 1. The van der Waals surface area contributed by atoms with E-state index in [4.69, 9.17) is 5.11 Å². The van der Waals surface area contributed by atoms with Crippen LogP contribution in [0.5, 0.6) is 0 Å². The van der Waals surface area contributed by atoms with E-state index in [9.17, 15) is 18.4 Å². The Morgan fingerprint density at radius 2 is 2.11 bits per heavy atom. The normalized spacial score (nSPS) is 17.0. The molecule has 0 bridgehead atoms. The number of carboxylic acids is 1. The zero-order chi connectivity index (χ0) is 19.7. The molecule has 2 aromatic heterocycles. The summed E-state index contributed by atoms with van der Waals surface area (Å²) < 4.78 is 30.9. The Morgan fingerprint density at radius 1 is 1.37 bits per heavy atom. The average molecular weight is 380 g/mol. The van der Waals surface area contributed by atoms with E-state index in [0.717, 1.165) is 25.7 Å². The molecule has 0 amide bonds. The fourth-order valence-electron chi connectivity index (χ4n) is 3.47. The lowest BCUT2D eigenvalue weighted by Crippen LogP contribution is -2.28. The lowest BCUT2D eigenvalue weighted by molar-refractivity contribution is 0.0695. The maximum atomic E-state index is 14.8. The van der Waals surface area contributed by atoms with E-state index < -0.39 is 34.0 Å². The number of aromatic nitrogens is 2. The quantitative estimate of drug-likeness (QED) is 0.795. The molecule has 3 rings (SSSR count). The number of rotatable bonds is 6. The second kappa shape index (κ2) is 7.59. The van der Waals surface area contributed by atoms with Crippen LogP contribution in [0.3, 0.4) is 0 Å². The maximum absolute atomic E-state index is 14.8. The van der Waals surface area contributed by atoms with E-state index in [1.165, 1.54) is 4.57 Å². The topological polar surface area (TPSA) is 87.5 Å². The van der Waals surface area contributed by atoms with Gasteiger partial charge in [-0.2, -0.15) is 4.39 Å². The minimum Gasteiger partial charge on any atom is -0.477 e. The van der Waals surface area contributed by atoms with Gasteiger partial charge in [0.25, 0.3) is 0 Å². The van der Waals surface area contributed by atoms with Crippen molar-refractivity contribution in [2.45, 2.75) is 26.8 Å². The van der Waals surface area contributed by atoms with Gasteiger partial charge in [0.05, 0.1) is 0 Å². The molecule has 0 saturated carbocycles. The highest BCUT2D eigenvalue weighted by atomic mass is 19.2. The van der Waals surface area contributed by atoms with Crippen molar-refractivity contribution in [3.8, 4) is 0 Å². The Bertz CT molecular complexity index is 945. The first-order chi connectivity index (χ1) is 12.9. The van der Waals surface area contributed by atoms with E-state index in [-0.39, 0.29) is 18.0 Å². The number of anilines is 1. The van der Waals surface area contributed by atoms with Gasteiger partial charge in [0.1, 0.15) is 16.6 Å². The fraction of sp³-hybridized carbons (Fsp3) is 0.500. The molecule has 2 N–H and O–H groups in total. The highest BCUT2D eigenvalue weighted by molar-refractivity contribution is 5.92. The number of hydrogen-bond acceptors (Lipinski definition) is 5. The van der Waals surface area contributed by atoms with Crippen LogP contribution >= 0.6 is 0 Å². The number of halogens is 2. The van der Waals surface area contributed by atoms with Gasteiger partial charge in [0, 0.05) is 25.8 Å². The van der Waals surface area contributed by atoms with Gasteiger partial charge in [-0.1, -0.05) is 6.92 Å². The molecular formula is C18H22F2N4O3. The second-order valence-electron chi connectivity index (χ2n) is 6.63. The van der Waals surface area contributed by atoms with Crippen molar-refractivity contribution in [2.75, 3.05) is 31.1 Å². The summed E-state index contributed by atoms with van der Waals surface area (Å²) in [5, 5.41) is 11.8. The first-order valence-electron chi connectivity index (χ1n) is 9.00. The minimum absolute atomic E-state index is 0.0449. The van der Waals surface area contributed by atoms with Crippen LogP contribution in [0.4, 0.5) is 14.6 Å². The van der Waals surface area contributed by atoms with Gasteiger partial charge < -0.3 is 19.9 Å². The van der Waals surface area contributed by atoms with Gasteiger partial charge in [-0.3, -0.25) is 4.79 Å². The molecule has 0 radical (unpaired) electrons. The van der Waals surface area contributed by atoms with Crippen molar-refractivity contribution in [2.24, 2.45) is 5.92 Å². The Hall–Kier alpha value is -2.55. The van der Waals surface area contributed by atoms with E-state index in [1.54, 1.807) is 11.8 Å². The molecule has 1 aliphatic heterocycles. The smallest absolute Gasteiger partial charge is 0.341 e. The average Bonchev–Trinajstić information content (AvgIpc) is 3.11. The van der Waals surface area contributed by atoms with Gasteiger partial charge in [-0.15, -0.1) is 0 Å². The number of pyridine rings is 2. The van der Waals surface area contributed by atoms with Gasteiger partial charge in [-0.05, 0) is 32.4 Å². The number of fused-ring (bicyclic) bond motifs is 1. The van der Waals surface area contributed by atoms with Crippen LogP contribution in [0.1, 0.15) is 30.6 Å². The third kappa shape index (κ3) is 3.39. The highest BCUT2D eigenvalue weighted by Crippen LogP contribution is 2.29. The second-order valence-corrected chi connectivity index (χ2v) is 6.63. The Kier molecular flexibility index (Phi) is 5.41. The predicted molar refractivity (Wildman–Crippen MR) is 97.4 cm³/mol. The predicted octanol–water partition coefficient (Wildman–Crippen LogP) is 1.83. The molecule has 1 fully saturated rings. The number of carboxylic acid groups (broad SMARTS) is 1. The molecule has 0 aromatic carbocycles. The number of hydrogen-bond donors (Lipinski definition) is 2. The Morgan fingerprint density at radius 3 is 2.74 bits per heavy atom. The van der Waals surface area contributed by atoms with E-state index in [2.05, 4.69) is 10.3 Å². The lowest BCUT2D eigenvalue weighted by Gasteiger charge is -2.20. The van der Waals surface area contributed by atoms with Gasteiger partial charge in [0.15, 0.2) is 11.6 Å². The van der Waals surface area contributed by atoms with E-state index >= 15 is 0 Å². The van der Waals surface area contributed by atoms with Crippen molar-refractivity contribution < 1.29 is 18.7 Å². The van der Waals surface area contributed by atoms with Gasteiger partial charge in [0.2, 0.25) is 11.2 Å². The largest absolute Gasteiger partial charge is 0.477 e. The third-order valence-electron chi connectivity index (χ3n) is 4.91. The van der Waals surface area contributed by atoms with Crippen LogP contribution in [0.25, 0.3) is 11.0 Å². The Labute approximate surface area is 154 Å². The van der Waals surface area contributed by atoms with Gasteiger partial charge >= 0.3 is 5.97 Å². The molecular weight excluding hydrogens is 358 g/mol. The molecule has 3 heterocycles. The number of nitrogens with zero attached hydrogens (tertiary/aromatic N) is 3. The summed E-state index contributed by atoms with van der Waals surface area (Å²) in [6, 6.07) is 0. The van der Waals surface area contributed by atoms with Crippen LogP contribution in [0, 0.1) is 17.6 Å². The summed E-state index contributed by atoms with van der Waals surface area (Å²) in [5.41, 5.74) is -1.72. The zero-order valence-corrected chi connectivity index (χ0v) is 15.3. The summed E-state index contributed by atoms with van der Waals surface area (Å²) in [5.74, 6) is -3.88. The minimum atomic E-state index is -1.49. The molecule has 7 nitrogen and oxygen atoms in total. The Balaban J connectivity index is 2.12. The number of nitrogens with one attached hydrogen (secondary N) is 1. The van der Waals surface area contributed by atoms with Crippen molar-refractivity contribution in [1.82, 2.24) is 14.9 Å². The number of aryl methyl sites for hydroxylation is 1. The first kappa shape index (κ1) is 19.2. The molecule has 1 unspecified atom stereocenters. The van der Waals surface area contributed by atoms with Crippen molar-refractivity contribution in [3.63, 3.8) is 0 Å². The summed E-state index contributed by atoms with van der Waals surface area (Å²) in [4.78, 5) is 29.5. The van der Waals surface area contributed by atoms with E-state index in [1.807, 2.05) is 6.92 Å². The fourth-order valence-corrected chi connectivity index (χ4v) is 3.47. The van der Waals surface area contributed by atoms with Crippen LogP contribution in [0.2, 0.25) is 0 Å². The summed E-state index contributed by atoms with van der Waals surface area (Å²) in [6.07, 6.45) is 1.95. The summed E-state index contributed by atoms with van der Waals surface area (Å²) in [7, 11) is 0. The molecule has 27 heavy (non-hydrogen) atoms. The molecule has 1 saturated heterocycles. The lowest BCUT2D eigenvalue weighted by atomic mass is 10.1. The molecule has 0 spiro atoms. The molecule has 1 atom stereocenters. The standard InChI is InChI=1S/C18H22F2N4O3/c1-3-21-7-10-5-6-24(8-10)17-14(20)13(19)12-15(25)11(18(26)27)9-23(4-2)16(12)22-17/h9-10,21H,3-8H2,1-2H3,(H,26,27). The summed E-state index contributed by atoms with van der Waals surface area (Å²) >= 11 is 0. The third-order valence-corrected chi connectivity index (χ3v) is 4.91. The van der Waals surface area contributed by atoms with Crippen LogP contribution in [0.15, 0.2) is 11.0 Å². The number of aromatic carboxylic acids is 1. The van der Waals surface area contributed by atoms with Crippen LogP contribution in [-0.4, -0.2) is 46.8 Å². The first-order valence-corrected chi connectivity index (χ1v) is 9.00. The van der Waals surface area contributed by atoms with Gasteiger partial charge in [-0.25, -0.2) is 14.2 Å². The zero-order valence-electron chi connectivity index (χ0n) is 15.3. The molecule has 1 aliphatic rings. The SMILES string of the molecule is CCNCC1CCN(c2nc3c(c(F)c2F)c(=O)c(C(=O)O)cn3CC)C1. The highest BCUT2D eigenvalue weighted by Gasteiger charge is 2.29.